The van der Waals surface area contributed by atoms with Crippen molar-refractivity contribution in [2.24, 2.45) is 5.73 Å². The molecule has 4 aromatic rings. The molecule has 4 rings (SSSR count). The Kier molecular flexibility index (Phi) is 5.12. The van der Waals surface area contributed by atoms with E-state index in [0.29, 0.717) is 0 Å². The van der Waals surface area contributed by atoms with E-state index in [2.05, 4.69) is 45.2 Å². The van der Waals surface area contributed by atoms with Crippen LogP contribution < -0.4 is 5.73 Å². The second kappa shape index (κ2) is 7.69. The Bertz CT molecular complexity index is 1030. The minimum absolute atomic E-state index is 0.138. The minimum Gasteiger partial charge on any atom is -0.387 e. The molecule has 0 fully saturated rings. The zero-order valence-electron chi connectivity index (χ0n) is 14.7. The Hall–Kier alpha value is -2.40. The lowest BCUT2D eigenvalue weighted by molar-refractivity contribution is 0.139. The quantitative estimate of drug-likeness (QED) is 0.419. The van der Waals surface area contributed by atoms with Crippen LogP contribution >= 0.6 is 15.9 Å². The van der Waals surface area contributed by atoms with Crippen LogP contribution in [0.2, 0.25) is 0 Å². The summed E-state index contributed by atoms with van der Waals surface area (Å²) in [6, 6.07) is 25.5. The Morgan fingerprint density at radius 1 is 0.815 bits per heavy atom. The third kappa shape index (κ3) is 3.56. The van der Waals surface area contributed by atoms with Crippen LogP contribution in [0.5, 0.6) is 0 Å². The van der Waals surface area contributed by atoms with Crippen molar-refractivity contribution in [2.45, 2.75) is 18.1 Å². The number of aromatic amines is 1. The van der Waals surface area contributed by atoms with Gasteiger partial charge in [-0.2, -0.15) is 0 Å². The van der Waals surface area contributed by atoms with Gasteiger partial charge in [-0.05, 0) is 34.9 Å². The monoisotopic (exact) mass is 420 g/mol. The Labute approximate surface area is 167 Å². The largest absolute Gasteiger partial charge is 0.387 e. The fourth-order valence-corrected chi connectivity index (χ4v) is 3.95. The second-order valence-corrected chi connectivity index (χ2v) is 7.67. The molecular formula is C23H21BrN2O. The molecule has 1 heterocycles. The normalized spacial score (nSPS) is 14.8. The average molecular weight is 421 g/mol. The van der Waals surface area contributed by atoms with Gasteiger partial charge in [0.2, 0.25) is 0 Å². The summed E-state index contributed by atoms with van der Waals surface area (Å²) < 4.78 is 0.975. The van der Waals surface area contributed by atoms with Crippen molar-refractivity contribution in [3.8, 4) is 0 Å². The molecule has 4 heteroatoms. The number of aliphatic hydroxyl groups is 1. The summed E-state index contributed by atoms with van der Waals surface area (Å²) in [7, 11) is 0. The maximum absolute atomic E-state index is 11.0. The summed E-state index contributed by atoms with van der Waals surface area (Å²) in [5.74, 6) is -0.138. The minimum atomic E-state index is -0.781. The summed E-state index contributed by atoms with van der Waals surface area (Å²) in [4.78, 5) is 3.34. The molecule has 4 N–H and O–H groups in total. The number of para-hydroxylation sites is 1. The van der Waals surface area contributed by atoms with Crippen LogP contribution in [0.1, 0.15) is 28.7 Å². The highest BCUT2D eigenvalue weighted by Gasteiger charge is 2.30. The first kappa shape index (κ1) is 18.0. The zero-order chi connectivity index (χ0) is 18.8. The molecule has 0 saturated carbocycles. The molecule has 0 saturated heterocycles. The molecule has 0 aliphatic rings. The first-order chi connectivity index (χ1) is 13.1. The smallest absolute Gasteiger partial charge is 0.0950 e. The molecule has 1 aromatic heterocycles. The number of benzene rings is 3. The summed E-state index contributed by atoms with van der Waals surface area (Å²) in [6.07, 6.45) is 1.23. The number of fused-ring (bicyclic) bond motifs is 1. The van der Waals surface area contributed by atoms with Crippen molar-refractivity contribution < 1.29 is 5.11 Å². The van der Waals surface area contributed by atoms with E-state index in [1.807, 2.05) is 60.8 Å². The molecule has 0 bridgehead atoms. The first-order valence-electron chi connectivity index (χ1n) is 8.95. The van der Waals surface area contributed by atoms with E-state index in [4.69, 9.17) is 5.73 Å². The predicted molar refractivity (Wildman–Crippen MR) is 114 cm³/mol. The van der Waals surface area contributed by atoms with Crippen molar-refractivity contribution in [2.75, 3.05) is 0 Å². The van der Waals surface area contributed by atoms with Crippen molar-refractivity contribution in [3.63, 3.8) is 0 Å². The van der Waals surface area contributed by atoms with Crippen molar-refractivity contribution >= 4 is 26.8 Å². The molecule has 3 aromatic carbocycles. The first-order valence-corrected chi connectivity index (χ1v) is 9.74. The number of nitrogens with one attached hydrogen (secondary N) is 1. The number of halogens is 1. The molecule has 0 spiro atoms. The van der Waals surface area contributed by atoms with E-state index >= 15 is 0 Å². The van der Waals surface area contributed by atoms with Gasteiger partial charge in [-0.3, -0.25) is 0 Å². The summed E-state index contributed by atoms with van der Waals surface area (Å²) >= 11 is 3.44. The van der Waals surface area contributed by atoms with Gasteiger partial charge in [-0.25, -0.2) is 0 Å². The van der Waals surface area contributed by atoms with Gasteiger partial charge in [0.25, 0.3) is 0 Å². The zero-order valence-corrected chi connectivity index (χ0v) is 16.3. The fourth-order valence-electron chi connectivity index (χ4n) is 3.69. The number of aliphatic hydroxyl groups excluding tert-OH is 1. The van der Waals surface area contributed by atoms with Gasteiger partial charge in [-0.15, -0.1) is 0 Å². The lowest BCUT2D eigenvalue weighted by Gasteiger charge is -2.29. The molecule has 27 heavy (non-hydrogen) atoms. The van der Waals surface area contributed by atoms with Crippen molar-refractivity contribution in [1.29, 1.82) is 0 Å². The van der Waals surface area contributed by atoms with Gasteiger partial charge in [0, 0.05) is 33.5 Å². The molecule has 3 nitrogen and oxygen atoms in total. The number of nitrogens with two attached hydrogens (primary N) is 1. The Morgan fingerprint density at radius 3 is 2.22 bits per heavy atom. The van der Waals surface area contributed by atoms with Crippen LogP contribution in [0.3, 0.4) is 0 Å². The van der Waals surface area contributed by atoms with Crippen LogP contribution in [0.15, 0.2) is 89.5 Å². The highest BCUT2D eigenvalue weighted by atomic mass is 79.9. The molecule has 3 atom stereocenters. The number of rotatable bonds is 5. The maximum Gasteiger partial charge on any atom is 0.0950 e. The topological polar surface area (TPSA) is 62.0 Å². The van der Waals surface area contributed by atoms with Gasteiger partial charge >= 0.3 is 0 Å². The van der Waals surface area contributed by atoms with Crippen LogP contribution in [0.25, 0.3) is 10.9 Å². The molecule has 0 unspecified atom stereocenters. The summed E-state index contributed by atoms with van der Waals surface area (Å²) in [5, 5.41) is 12.2. The number of hydrogen-bond acceptors (Lipinski definition) is 2. The van der Waals surface area contributed by atoms with Crippen LogP contribution in [0, 0.1) is 0 Å². The number of aromatic nitrogens is 1. The third-order valence-corrected chi connectivity index (χ3v) is 5.60. The van der Waals surface area contributed by atoms with E-state index in [0.717, 1.165) is 32.1 Å². The lowest BCUT2D eigenvalue weighted by atomic mass is 9.81. The molecule has 0 aliphatic heterocycles. The van der Waals surface area contributed by atoms with Gasteiger partial charge in [0.1, 0.15) is 0 Å². The SMILES string of the molecule is N[C@@H]([C@H](c1ccccc1)c1c[nH]c2ccccc12)[C@@H](O)c1ccc(Br)cc1. The number of H-pyrrole nitrogens is 1. The van der Waals surface area contributed by atoms with Crippen LogP contribution in [-0.2, 0) is 0 Å². The Balaban J connectivity index is 1.79. The van der Waals surface area contributed by atoms with E-state index in [1.54, 1.807) is 0 Å². The van der Waals surface area contributed by atoms with Gasteiger partial charge in [0.05, 0.1) is 6.10 Å². The van der Waals surface area contributed by atoms with Crippen molar-refractivity contribution in [3.05, 3.63) is 106 Å². The van der Waals surface area contributed by atoms with Crippen LogP contribution in [0.4, 0.5) is 0 Å². The van der Waals surface area contributed by atoms with Gasteiger partial charge in [-0.1, -0.05) is 76.6 Å². The molecule has 136 valence electrons. The van der Waals surface area contributed by atoms with Gasteiger partial charge in [0.15, 0.2) is 0 Å². The average Bonchev–Trinajstić information content (AvgIpc) is 3.13. The summed E-state index contributed by atoms with van der Waals surface area (Å²) in [5.41, 5.74) is 10.7. The lowest BCUT2D eigenvalue weighted by Crippen LogP contribution is -2.35. The highest BCUT2D eigenvalue weighted by molar-refractivity contribution is 9.10. The van der Waals surface area contributed by atoms with Gasteiger partial charge < -0.3 is 15.8 Å². The molecule has 0 amide bonds. The van der Waals surface area contributed by atoms with E-state index < -0.39 is 12.1 Å². The highest BCUT2D eigenvalue weighted by Crippen LogP contribution is 2.37. The molecule has 0 radical (unpaired) electrons. The van der Waals surface area contributed by atoms with E-state index in [9.17, 15) is 5.11 Å². The summed E-state index contributed by atoms with van der Waals surface area (Å²) in [6.45, 7) is 0. The predicted octanol–water partition coefficient (Wildman–Crippen LogP) is 5.12. The maximum atomic E-state index is 11.0. The fraction of sp³-hybridized carbons (Fsp3) is 0.130. The molecular weight excluding hydrogens is 400 g/mol. The standard InChI is InChI=1S/C23H21BrN2O/c24-17-12-10-16(11-13-17)23(27)22(25)21(15-6-2-1-3-7-15)19-14-26-20-9-5-4-8-18(19)20/h1-14,21-23,26-27H,25H2/t21-,22+,23+/m1/s1. The third-order valence-electron chi connectivity index (χ3n) is 5.08. The number of hydrogen-bond donors (Lipinski definition) is 3. The Morgan fingerprint density at radius 2 is 1.48 bits per heavy atom. The van der Waals surface area contributed by atoms with Crippen LogP contribution in [-0.4, -0.2) is 16.1 Å². The molecule has 0 aliphatic carbocycles. The second-order valence-electron chi connectivity index (χ2n) is 6.75. The van der Waals surface area contributed by atoms with E-state index in [1.165, 1.54) is 0 Å². The van der Waals surface area contributed by atoms with Crippen molar-refractivity contribution in [1.82, 2.24) is 4.98 Å². The van der Waals surface area contributed by atoms with E-state index in [-0.39, 0.29) is 5.92 Å².